The van der Waals surface area contributed by atoms with Gasteiger partial charge in [0.05, 0.1) is 0 Å². The van der Waals surface area contributed by atoms with E-state index >= 15 is 0 Å². The van der Waals surface area contributed by atoms with Crippen molar-refractivity contribution < 1.29 is 4.79 Å². The molecule has 0 atom stereocenters. The van der Waals surface area contributed by atoms with Gasteiger partial charge in [-0.25, -0.2) is 0 Å². The third-order valence-corrected chi connectivity index (χ3v) is 2.83. The fraction of sp³-hybridized carbons (Fsp3) is 0.667. The molecule has 0 aliphatic heterocycles. The number of carbonyl (C=O) groups excluding carboxylic acids is 1. The summed E-state index contributed by atoms with van der Waals surface area (Å²) in [7, 11) is 0. The Bertz CT molecular complexity index is 359. The molecular formula is C12H23N5O. The highest BCUT2D eigenvalue weighted by molar-refractivity contribution is 5.75. The summed E-state index contributed by atoms with van der Waals surface area (Å²) in [6.07, 6.45) is 2.67. The maximum atomic E-state index is 11.6. The van der Waals surface area contributed by atoms with Crippen molar-refractivity contribution in [3.05, 3.63) is 12.3 Å². The number of nitrogens with one attached hydrogen (secondary N) is 1. The molecule has 0 aromatic carbocycles. The Morgan fingerprint density at radius 1 is 1.50 bits per heavy atom. The maximum Gasteiger partial charge on any atom is 0.241 e. The Morgan fingerprint density at radius 2 is 2.22 bits per heavy atom. The molecule has 0 radical (unpaired) electrons. The summed E-state index contributed by atoms with van der Waals surface area (Å²) >= 11 is 0. The number of hydrogen-bond donors (Lipinski definition) is 2. The van der Waals surface area contributed by atoms with Crippen molar-refractivity contribution in [3.8, 4) is 0 Å². The normalized spacial score (nSPS) is 10.8. The summed E-state index contributed by atoms with van der Waals surface area (Å²) in [6, 6.07) is 1.67. The molecule has 18 heavy (non-hydrogen) atoms. The van der Waals surface area contributed by atoms with Gasteiger partial charge in [0.1, 0.15) is 12.4 Å². The van der Waals surface area contributed by atoms with E-state index in [0.717, 1.165) is 26.1 Å². The van der Waals surface area contributed by atoms with Crippen molar-refractivity contribution >= 4 is 11.7 Å². The number of nitrogen functional groups attached to an aromatic ring is 1. The molecule has 0 aliphatic rings. The van der Waals surface area contributed by atoms with E-state index in [1.165, 1.54) is 4.68 Å². The summed E-state index contributed by atoms with van der Waals surface area (Å²) in [5.74, 6) is 0.405. The molecular weight excluding hydrogens is 230 g/mol. The van der Waals surface area contributed by atoms with E-state index in [-0.39, 0.29) is 12.5 Å². The molecule has 1 heterocycles. The monoisotopic (exact) mass is 253 g/mol. The van der Waals surface area contributed by atoms with E-state index < -0.39 is 0 Å². The Kier molecular flexibility index (Phi) is 6.21. The van der Waals surface area contributed by atoms with Crippen LogP contribution in [0.3, 0.4) is 0 Å². The zero-order valence-corrected chi connectivity index (χ0v) is 11.2. The largest absolute Gasteiger partial charge is 0.382 e. The molecule has 6 heteroatoms. The smallest absolute Gasteiger partial charge is 0.241 e. The van der Waals surface area contributed by atoms with E-state index in [4.69, 9.17) is 5.73 Å². The van der Waals surface area contributed by atoms with E-state index in [1.54, 1.807) is 12.3 Å². The lowest BCUT2D eigenvalue weighted by Gasteiger charge is -2.17. The van der Waals surface area contributed by atoms with Crippen LogP contribution < -0.4 is 11.1 Å². The maximum absolute atomic E-state index is 11.6. The lowest BCUT2D eigenvalue weighted by atomic mass is 10.3. The number of rotatable bonds is 8. The van der Waals surface area contributed by atoms with E-state index in [2.05, 4.69) is 29.2 Å². The standard InChI is InChI=1S/C12H23N5O/c1-3-16(4-2)8-5-7-14-12(18)10-17-9-6-11(13)15-17/h6,9H,3-5,7-8,10H2,1-2H3,(H2,13,15)(H,14,18). The van der Waals surface area contributed by atoms with Gasteiger partial charge in [-0.15, -0.1) is 0 Å². The summed E-state index contributed by atoms with van der Waals surface area (Å²) < 4.78 is 1.54. The van der Waals surface area contributed by atoms with Crippen LogP contribution in [0, 0.1) is 0 Å². The van der Waals surface area contributed by atoms with Crippen molar-refractivity contribution in [2.45, 2.75) is 26.8 Å². The minimum Gasteiger partial charge on any atom is -0.382 e. The molecule has 1 rings (SSSR count). The van der Waals surface area contributed by atoms with Crippen molar-refractivity contribution in [3.63, 3.8) is 0 Å². The molecule has 3 N–H and O–H groups in total. The van der Waals surface area contributed by atoms with Crippen LogP contribution in [0.25, 0.3) is 0 Å². The molecule has 0 saturated carbocycles. The van der Waals surface area contributed by atoms with Gasteiger partial charge in [-0.1, -0.05) is 13.8 Å². The van der Waals surface area contributed by atoms with Gasteiger partial charge in [-0.3, -0.25) is 9.48 Å². The predicted octanol–water partition coefficient (Wildman–Crippen LogP) is 0.313. The van der Waals surface area contributed by atoms with Gasteiger partial charge in [0.25, 0.3) is 0 Å². The second kappa shape index (κ2) is 7.71. The molecule has 0 fully saturated rings. The van der Waals surface area contributed by atoms with Crippen molar-refractivity contribution in [2.75, 3.05) is 31.9 Å². The average Bonchev–Trinajstić information content (AvgIpc) is 2.75. The topological polar surface area (TPSA) is 76.2 Å². The first-order valence-corrected chi connectivity index (χ1v) is 6.43. The fourth-order valence-electron chi connectivity index (χ4n) is 1.74. The molecule has 0 unspecified atom stereocenters. The van der Waals surface area contributed by atoms with Crippen molar-refractivity contribution in [2.24, 2.45) is 0 Å². The number of anilines is 1. The zero-order chi connectivity index (χ0) is 13.4. The molecule has 6 nitrogen and oxygen atoms in total. The summed E-state index contributed by atoms with van der Waals surface area (Å²) in [5.41, 5.74) is 5.47. The first kappa shape index (κ1) is 14.5. The van der Waals surface area contributed by atoms with Crippen LogP contribution >= 0.6 is 0 Å². The van der Waals surface area contributed by atoms with Crippen LogP contribution in [0.15, 0.2) is 12.3 Å². The van der Waals surface area contributed by atoms with Crippen LogP contribution in [-0.2, 0) is 11.3 Å². The third-order valence-electron chi connectivity index (χ3n) is 2.83. The SMILES string of the molecule is CCN(CC)CCCNC(=O)Cn1ccc(N)n1. The second-order valence-corrected chi connectivity index (χ2v) is 4.17. The van der Waals surface area contributed by atoms with Gasteiger partial charge < -0.3 is 16.0 Å². The number of carbonyl (C=O) groups is 1. The van der Waals surface area contributed by atoms with Gasteiger partial charge in [-0.05, 0) is 32.1 Å². The minimum atomic E-state index is -0.0300. The van der Waals surface area contributed by atoms with E-state index in [9.17, 15) is 4.79 Å². The summed E-state index contributed by atoms with van der Waals surface area (Å²) in [4.78, 5) is 13.9. The number of hydrogen-bond acceptors (Lipinski definition) is 4. The first-order valence-electron chi connectivity index (χ1n) is 6.43. The van der Waals surface area contributed by atoms with Crippen molar-refractivity contribution in [1.29, 1.82) is 0 Å². The van der Waals surface area contributed by atoms with Gasteiger partial charge in [0, 0.05) is 12.7 Å². The molecule has 0 saturated heterocycles. The number of nitrogens with two attached hydrogens (primary N) is 1. The van der Waals surface area contributed by atoms with Gasteiger partial charge in [0.2, 0.25) is 5.91 Å². The minimum absolute atomic E-state index is 0.0300. The number of aromatic nitrogens is 2. The van der Waals surface area contributed by atoms with Crippen molar-refractivity contribution in [1.82, 2.24) is 20.0 Å². The Hall–Kier alpha value is -1.56. The lowest BCUT2D eigenvalue weighted by Crippen LogP contribution is -2.31. The molecule has 1 aromatic heterocycles. The Balaban J connectivity index is 2.14. The second-order valence-electron chi connectivity index (χ2n) is 4.17. The number of nitrogens with zero attached hydrogens (tertiary/aromatic N) is 3. The van der Waals surface area contributed by atoms with Crippen LogP contribution in [0.2, 0.25) is 0 Å². The highest BCUT2D eigenvalue weighted by Crippen LogP contribution is 1.95. The molecule has 0 bridgehead atoms. The number of amides is 1. The highest BCUT2D eigenvalue weighted by atomic mass is 16.2. The highest BCUT2D eigenvalue weighted by Gasteiger charge is 2.04. The van der Waals surface area contributed by atoms with Gasteiger partial charge >= 0.3 is 0 Å². The average molecular weight is 253 g/mol. The Morgan fingerprint density at radius 3 is 2.78 bits per heavy atom. The first-order chi connectivity index (χ1) is 8.65. The predicted molar refractivity (Wildman–Crippen MR) is 72.1 cm³/mol. The van der Waals surface area contributed by atoms with Crippen LogP contribution in [0.5, 0.6) is 0 Å². The third kappa shape index (κ3) is 5.18. The quantitative estimate of drug-likeness (QED) is 0.654. The zero-order valence-electron chi connectivity index (χ0n) is 11.2. The van der Waals surface area contributed by atoms with E-state index in [0.29, 0.717) is 12.4 Å². The van der Waals surface area contributed by atoms with E-state index in [1.807, 2.05) is 0 Å². The Labute approximate surface area is 108 Å². The molecule has 102 valence electrons. The molecule has 0 spiro atoms. The van der Waals surface area contributed by atoms with Crippen LogP contribution in [0.1, 0.15) is 20.3 Å². The van der Waals surface area contributed by atoms with Crippen LogP contribution in [-0.4, -0.2) is 46.8 Å². The van der Waals surface area contributed by atoms with Crippen LogP contribution in [0.4, 0.5) is 5.82 Å². The summed E-state index contributed by atoms with van der Waals surface area (Å²) in [6.45, 7) is 8.33. The molecule has 1 aromatic rings. The van der Waals surface area contributed by atoms with Gasteiger partial charge in [0.15, 0.2) is 0 Å². The molecule has 1 amide bonds. The lowest BCUT2D eigenvalue weighted by molar-refractivity contribution is -0.121. The summed E-state index contributed by atoms with van der Waals surface area (Å²) in [5, 5.41) is 6.84. The fourth-order valence-corrected chi connectivity index (χ4v) is 1.74. The van der Waals surface area contributed by atoms with Gasteiger partial charge in [-0.2, -0.15) is 5.10 Å². The molecule has 0 aliphatic carbocycles.